The zero-order valence-corrected chi connectivity index (χ0v) is 12.7. The highest BCUT2D eigenvalue weighted by molar-refractivity contribution is 5.94. The molecule has 0 bridgehead atoms. The fourth-order valence-corrected chi connectivity index (χ4v) is 1.53. The Bertz CT molecular complexity index is 433. The van der Waals surface area contributed by atoms with Crippen molar-refractivity contribution < 1.29 is 9.53 Å². The number of hydrogen-bond acceptors (Lipinski definition) is 2. The van der Waals surface area contributed by atoms with Gasteiger partial charge in [0.05, 0.1) is 6.61 Å². The van der Waals surface area contributed by atoms with Gasteiger partial charge < -0.3 is 10.1 Å². The minimum absolute atomic E-state index is 0.0200. The van der Waals surface area contributed by atoms with Gasteiger partial charge in [-0.2, -0.15) is 0 Å². The summed E-state index contributed by atoms with van der Waals surface area (Å²) >= 11 is 0. The van der Waals surface area contributed by atoms with Crippen molar-refractivity contribution >= 4 is 11.6 Å². The molecule has 0 fully saturated rings. The van der Waals surface area contributed by atoms with E-state index in [2.05, 4.69) is 12.2 Å². The maximum absolute atomic E-state index is 11.9. The van der Waals surface area contributed by atoms with Gasteiger partial charge in [0.2, 0.25) is 5.91 Å². The Hall–Kier alpha value is -1.51. The van der Waals surface area contributed by atoms with E-state index in [4.69, 9.17) is 4.74 Å². The number of unbranched alkanes of at least 4 members (excludes halogenated alkanes) is 1. The SMILES string of the molecule is CCCCOc1ccc(NC(=O)C(C)(C)C)cc1C. The summed E-state index contributed by atoms with van der Waals surface area (Å²) < 4.78 is 5.69. The molecule has 19 heavy (non-hydrogen) atoms. The molecule has 0 unspecified atom stereocenters. The average Bonchev–Trinajstić information content (AvgIpc) is 2.31. The van der Waals surface area contributed by atoms with Crippen LogP contribution in [0.4, 0.5) is 5.69 Å². The first-order valence-corrected chi connectivity index (χ1v) is 6.89. The van der Waals surface area contributed by atoms with Crippen LogP contribution >= 0.6 is 0 Å². The molecule has 1 amide bonds. The molecule has 0 aliphatic carbocycles. The molecule has 0 atom stereocenters. The summed E-state index contributed by atoms with van der Waals surface area (Å²) in [6.45, 7) is 10.6. The van der Waals surface area contributed by atoms with Crippen molar-refractivity contribution in [3.05, 3.63) is 23.8 Å². The predicted octanol–water partition coefficient (Wildman–Crippen LogP) is 4.16. The highest BCUT2D eigenvalue weighted by Crippen LogP contribution is 2.24. The van der Waals surface area contributed by atoms with Crippen LogP contribution in [0.25, 0.3) is 0 Å². The van der Waals surface area contributed by atoms with E-state index in [1.165, 1.54) is 0 Å². The summed E-state index contributed by atoms with van der Waals surface area (Å²) in [5.74, 6) is 0.911. The van der Waals surface area contributed by atoms with Crippen LogP contribution in [0.3, 0.4) is 0 Å². The molecule has 0 aromatic heterocycles. The van der Waals surface area contributed by atoms with Crippen molar-refractivity contribution in [2.45, 2.75) is 47.5 Å². The zero-order chi connectivity index (χ0) is 14.5. The van der Waals surface area contributed by atoms with Gasteiger partial charge in [0.25, 0.3) is 0 Å². The van der Waals surface area contributed by atoms with Crippen LogP contribution in [0.2, 0.25) is 0 Å². The molecule has 0 heterocycles. The fourth-order valence-electron chi connectivity index (χ4n) is 1.53. The largest absolute Gasteiger partial charge is 0.493 e. The third-order valence-corrected chi connectivity index (χ3v) is 2.87. The van der Waals surface area contributed by atoms with Crippen molar-refractivity contribution in [3.63, 3.8) is 0 Å². The van der Waals surface area contributed by atoms with E-state index in [0.29, 0.717) is 0 Å². The van der Waals surface area contributed by atoms with Gasteiger partial charge in [-0.1, -0.05) is 34.1 Å². The number of hydrogen-bond donors (Lipinski definition) is 1. The molecule has 1 aromatic rings. The van der Waals surface area contributed by atoms with E-state index in [1.807, 2.05) is 45.9 Å². The monoisotopic (exact) mass is 263 g/mol. The van der Waals surface area contributed by atoms with Gasteiger partial charge in [-0.3, -0.25) is 4.79 Å². The van der Waals surface area contributed by atoms with Crippen molar-refractivity contribution in [1.29, 1.82) is 0 Å². The Morgan fingerprint density at radius 3 is 2.53 bits per heavy atom. The van der Waals surface area contributed by atoms with Crippen LogP contribution in [0.5, 0.6) is 5.75 Å². The minimum Gasteiger partial charge on any atom is -0.493 e. The molecule has 1 rings (SSSR count). The van der Waals surface area contributed by atoms with Gasteiger partial charge in [-0.05, 0) is 37.1 Å². The molecule has 0 saturated heterocycles. The van der Waals surface area contributed by atoms with E-state index in [-0.39, 0.29) is 11.3 Å². The molecule has 0 aliphatic rings. The second kappa shape index (κ2) is 6.60. The smallest absolute Gasteiger partial charge is 0.229 e. The van der Waals surface area contributed by atoms with E-state index in [9.17, 15) is 4.79 Å². The number of amides is 1. The summed E-state index contributed by atoms with van der Waals surface area (Å²) in [5.41, 5.74) is 1.48. The second-order valence-corrected chi connectivity index (χ2v) is 5.89. The lowest BCUT2D eigenvalue weighted by molar-refractivity contribution is -0.123. The van der Waals surface area contributed by atoms with Crippen LogP contribution in [0.15, 0.2) is 18.2 Å². The normalized spacial score (nSPS) is 11.2. The summed E-state index contributed by atoms with van der Waals surface area (Å²) in [6.07, 6.45) is 2.18. The molecule has 0 saturated carbocycles. The van der Waals surface area contributed by atoms with E-state index in [0.717, 1.165) is 36.4 Å². The molecular formula is C16H25NO2. The average molecular weight is 263 g/mol. The molecule has 0 radical (unpaired) electrons. The fraction of sp³-hybridized carbons (Fsp3) is 0.562. The first-order valence-electron chi connectivity index (χ1n) is 6.89. The molecular weight excluding hydrogens is 238 g/mol. The van der Waals surface area contributed by atoms with Gasteiger partial charge in [0, 0.05) is 11.1 Å². The molecule has 1 N–H and O–H groups in total. The maximum atomic E-state index is 11.9. The van der Waals surface area contributed by atoms with Gasteiger partial charge in [0.15, 0.2) is 0 Å². The predicted molar refractivity (Wildman–Crippen MR) is 79.7 cm³/mol. The Morgan fingerprint density at radius 2 is 2.00 bits per heavy atom. The third kappa shape index (κ3) is 4.93. The van der Waals surface area contributed by atoms with Crippen LogP contribution in [0.1, 0.15) is 46.1 Å². The Morgan fingerprint density at radius 1 is 1.32 bits per heavy atom. The highest BCUT2D eigenvalue weighted by Gasteiger charge is 2.21. The third-order valence-electron chi connectivity index (χ3n) is 2.87. The number of benzene rings is 1. The lowest BCUT2D eigenvalue weighted by atomic mass is 9.95. The molecule has 106 valence electrons. The Balaban J connectivity index is 2.69. The van der Waals surface area contributed by atoms with E-state index < -0.39 is 0 Å². The lowest BCUT2D eigenvalue weighted by Gasteiger charge is -2.18. The van der Waals surface area contributed by atoms with Crippen LogP contribution in [0, 0.1) is 12.3 Å². The molecule has 3 nitrogen and oxygen atoms in total. The summed E-state index contributed by atoms with van der Waals surface area (Å²) in [4.78, 5) is 11.9. The molecule has 3 heteroatoms. The van der Waals surface area contributed by atoms with E-state index >= 15 is 0 Å². The zero-order valence-electron chi connectivity index (χ0n) is 12.7. The minimum atomic E-state index is -0.385. The highest BCUT2D eigenvalue weighted by atomic mass is 16.5. The van der Waals surface area contributed by atoms with Crippen LogP contribution < -0.4 is 10.1 Å². The Kier molecular flexibility index (Phi) is 5.40. The summed E-state index contributed by atoms with van der Waals surface area (Å²) in [5, 5.41) is 2.92. The quantitative estimate of drug-likeness (QED) is 0.810. The number of ether oxygens (including phenoxy) is 1. The second-order valence-electron chi connectivity index (χ2n) is 5.89. The molecule has 0 aliphatic heterocycles. The standard InChI is InChI=1S/C16H25NO2/c1-6-7-10-19-14-9-8-13(11-12(14)2)17-15(18)16(3,4)5/h8-9,11H,6-7,10H2,1-5H3,(H,17,18). The van der Waals surface area contributed by atoms with Crippen LogP contribution in [-0.2, 0) is 4.79 Å². The topological polar surface area (TPSA) is 38.3 Å². The number of nitrogens with one attached hydrogen (secondary N) is 1. The summed E-state index contributed by atoms with van der Waals surface area (Å²) in [7, 11) is 0. The number of aryl methyl sites for hydroxylation is 1. The van der Waals surface area contributed by atoms with E-state index in [1.54, 1.807) is 0 Å². The van der Waals surface area contributed by atoms with Crippen molar-refractivity contribution in [2.24, 2.45) is 5.41 Å². The first-order chi connectivity index (χ1) is 8.84. The first kappa shape index (κ1) is 15.5. The number of rotatable bonds is 5. The lowest BCUT2D eigenvalue weighted by Crippen LogP contribution is -2.27. The number of carbonyl (C=O) groups excluding carboxylic acids is 1. The number of anilines is 1. The van der Waals surface area contributed by atoms with Gasteiger partial charge >= 0.3 is 0 Å². The van der Waals surface area contributed by atoms with Crippen LogP contribution in [-0.4, -0.2) is 12.5 Å². The van der Waals surface area contributed by atoms with Gasteiger partial charge in [0.1, 0.15) is 5.75 Å². The van der Waals surface area contributed by atoms with Crippen molar-refractivity contribution in [2.75, 3.05) is 11.9 Å². The van der Waals surface area contributed by atoms with Gasteiger partial charge in [-0.15, -0.1) is 0 Å². The maximum Gasteiger partial charge on any atom is 0.229 e. The molecule has 0 spiro atoms. The number of carbonyl (C=O) groups is 1. The summed E-state index contributed by atoms with van der Waals surface area (Å²) in [6, 6.07) is 5.76. The van der Waals surface area contributed by atoms with Gasteiger partial charge in [-0.25, -0.2) is 0 Å². The van der Waals surface area contributed by atoms with Crippen molar-refractivity contribution in [3.8, 4) is 5.75 Å². The van der Waals surface area contributed by atoms with Crippen molar-refractivity contribution in [1.82, 2.24) is 0 Å². The Labute approximate surface area is 116 Å². The molecule has 1 aromatic carbocycles.